The van der Waals surface area contributed by atoms with Crippen LogP contribution in [0.2, 0.25) is 0 Å². The quantitative estimate of drug-likeness (QED) is 0.447. The van der Waals surface area contributed by atoms with Crippen LogP contribution in [-0.2, 0) is 6.54 Å². The van der Waals surface area contributed by atoms with E-state index in [1.54, 1.807) is 6.92 Å². The van der Waals surface area contributed by atoms with E-state index in [4.69, 9.17) is 9.47 Å². The maximum absolute atomic E-state index is 13.0. The van der Waals surface area contributed by atoms with Gasteiger partial charge in [-0.2, -0.15) is 0 Å². The predicted octanol–water partition coefficient (Wildman–Crippen LogP) is 3.50. The van der Waals surface area contributed by atoms with Crippen LogP contribution in [0.25, 0.3) is 21.5 Å². The largest absolute Gasteiger partial charge is 0.486 e. The van der Waals surface area contributed by atoms with Gasteiger partial charge in [-0.05, 0) is 44.8 Å². The third-order valence-corrected chi connectivity index (χ3v) is 7.03. The smallest absolute Gasteiger partial charge is 0.267 e. The molecule has 170 valence electrons. The van der Waals surface area contributed by atoms with E-state index in [2.05, 4.69) is 20.3 Å². The highest BCUT2D eigenvalue weighted by Crippen LogP contribution is 2.35. The number of fused-ring (bicyclic) bond motifs is 2. The minimum atomic E-state index is -0.313. The van der Waals surface area contributed by atoms with Gasteiger partial charge in [0.2, 0.25) is 0 Å². The zero-order valence-electron chi connectivity index (χ0n) is 18.2. The number of hydrogen-bond donors (Lipinski definition) is 2. The van der Waals surface area contributed by atoms with Gasteiger partial charge >= 0.3 is 0 Å². The molecule has 4 heterocycles. The van der Waals surface area contributed by atoms with Crippen LogP contribution in [0.3, 0.4) is 0 Å². The molecule has 33 heavy (non-hydrogen) atoms. The van der Waals surface area contributed by atoms with Crippen LogP contribution in [0, 0.1) is 6.92 Å². The van der Waals surface area contributed by atoms with Gasteiger partial charge < -0.3 is 19.4 Å². The summed E-state index contributed by atoms with van der Waals surface area (Å²) in [5, 5.41) is 5.64. The first-order valence-electron chi connectivity index (χ1n) is 10.2. The summed E-state index contributed by atoms with van der Waals surface area (Å²) in [5.74, 6) is 1.65. The molecule has 0 spiro atoms. The molecule has 0 fully saturated rings. The molecule has 2 N–H and O–H groups in total. The summed E-state index contributed by atoms with van der Waals surface area (Å²) >= 11 is 2.54. The van der Waals surface area contributed by atoms with E-state index < -0.39 is 0 Å². The van der Waals surface area contributed by atoms with Gasteiger partial charge in [0.1, 0.15) is 23.9 Å². The Labute approximate surface area is 197 Å². The van der Waals surface area contributed by atoms with Crippen molar-refractivity contribution >= 4 is 43.9 Å². The second kappa shape index (κ2) is 8.58. The van der Waals surface area contributed by atoms with E-state index in [0.717, 1.165) is 11.3 Å². The molecule has 1 aliphatic heterocycles. The number of aromatic amines is 1. The molecule has 11 heteroatoms. The number of nitrogens with zero attached hydrogens (tertiary/aromatic N) is 3. The molecule has 0 bridgehead atoms. The first-order chi connectivity index (χ1) is 15.9. The molecule has 0 atom stereocenters. The van der Waals surface area contributed by atoms with E-state index in [-0.39, 0.29) is 11.5 Å². The normalized spacial score (nSPS) is 13.0. The van der Waals surface area contributed by atoms with Crippen molar-refractivity contribution in [3.8, 4) is 22.8 Å². The highest BCUT2D eigenvalue weighted by atomic mass is 32.1. The van der Waals surface area contributed by atoms with Crippen LogP contribution < -0.4 is 20.3 Å². The van der Waals surface area contributed by atoms with Gasteiger partial charge in [0.15, 0.2) is 16.6 Å². The minimum Gasteiger partial charge on any atom is -0.486 e. The van der Waals surface area contributed by atoms with Crippen molar-refractivity contribution in [2.24, 2.45) is 0 Å². The number of thiophene rings is 1. The molecule has 1 amide bonds. The molecule has 0 radical (unpaired) electrons. The molecule has 4 aromatic rings. The SMILES string of the molecule is Cc1c(C(=O)Nc2nc(-c3ccc4c(c3)OCCO4)cs2)sc2nc(CN(C)C)[nH]c(=O)c12. The first-order valence-corrected chi connectivity index (χ1v) is 11.9. The summed E-state index contributed by atoms with van der Waals surface area (Å²) in [7, 11) is 3.80. The number of carbonyl (C=O) groups is 1. The molecule has 0 saturated heterocycles. The van der Waals surface area contributed by atoms with Crippen molar-refractivity contribution in [1.29, 1.82) is 0 Å². The van der Waals surface area contributed by atoms with Crippen LogP contribution in [0.15, 0.2) is 28.4 Å². The summed E-state index contributed by atoms with van der Waals surface area (Å²) in [4.78, 5) is 40.4. The summed E-state index contributed by atoms with van der Waals surface area (Å²) in [6.45, 7) is 3.32. The topological polar surface area (TPSA) is 109 Å². The number of rotatable bonds is 5. The lowest BCUT2D eigenvalue weighted by Crippen LogP contribution is -2.18. The molecular weight excluding hydrogens is 462 g/mol. The van der Waals surface area contributed by atoms with Crippen molar-refractivity contribution < 1.29 is 14.3 Å². The van der Waals surface area contributed by atoms with Crippen molar-refractivity contribution in [3.05, 3.63) is 50.2 Å². The second-order valence-corrected chi connectivity index (χ2v) is 9.69. The average Bonchev–Trinajstić information content (AvgIpc) is 3.37. The lowest BCUT2D eigenvalue weighted by atomic mass is 10.1. The predicted molar refractivity (Wildman–Crippen MR) is 129 cm³/mol. The Kier molecular flexibility index (Phi) is 5.60. The van der Waals surface area contributed by atoms with Gasteiger partial charge in [-0.15, -0.1) is 22.7 Å². The van der Waals surface area contributed by atoms with Gasteiger partial charge in [0, 0.05) is 10.9 Å². The van der Waals surface area contributed by atoms with Gasteiger partial charge in [-0.1, -0.05) is 0 Å². The molecule has 1 aromatic carbocycles. The van der Waals surface area contributed by atoms with Gasteiger partial charge in [0.05, 0.1) is 22.5 Å². The first kappa shape index (κ1) is 21.6. The maximum Gasteiger partial charge on any atom is 0.267 e. The molecule has 0 unspecified atom stereocenters. The molecule has 3 aromatic heterocycles. The Morgan fingerprint density at radius 2 is 2.00 bits per heavy atom. The molecule has 0 aliphatic carbocycles. The Hall–Kier alpha value is -3.28. The second-order valence-electron chi connectivity index (χ2n) is 7.84. The highest BCUT2D eigenvalue weighted by molar-refractivity contribution is 7.21. The van der Waals surface area contributed by atoms with E-state index in [9.17, 15) is 9.59 Å². The monoisotopic (exact) mass is 483 g/mol. The van der Waals surface area contributed by atoms with E-state index in [0.29, 0.717) is 62.9 Å². The van der Waals surface area contributed by atoms with E-state index >= 15 is 0 Å². The van der Waals surface area contributed by atoms with Crippen LogP contribution in [0.1, 0.15) is 21.1 Å². The standard InChI is InChI=1S/C22H21N5O4S2/c1-11-17-19(28)24-16(9-27(2)3)25-21(17)33-18(11)20(29)26-22-23-13(10-32-22)12-4-5-14-15(8-12)31-7-6-30-14/h4-5,8,10H,6-7,9H2,1-3H3,(H,23,26,29)(H,24,25,28). The third kappa shape index (κ3) is 4.22. The van der Waals surface area contributed by atoms with Crippen LogP contribution in [0.4, 0.5) is 5.13 Å². The van der Waals surface area contributed by atoms with Crippen molar-refractivity contribution in [3.63, 3.8) is 0 Å². The Morgan fingerprint density at radius 1 is 1.21 bits per heavy atom. The molecule has 0 saturated carbocycles. The number of ether oxygens (including phenoxy) is 2. The number of amides is 1. The fourth-order valence-electron chi connectivity index (χ4n) is 3.60. The molecular formula is C22H21N5O4S2. The lowest BCUT2D eigenvalue weighted by Gasteiger charge is -2.18. The zero-order valence-corrected chi connectivity index (χ0v) is 19.9. The van der Waals surface area contributed by atoms with Gasteiger partial charge in [0.25, 0.3) is 11.5 Å². The Balaban J connectivity index is 1.39. The fourth-order valence-corrected chi connectivity index (χ4v) is 5.41. The van der Waals surface area contributed by atoms with Crippen LogP contribution >= 0.6 is 22.7 Å². The number of H-pyrrole nitrogens is 1. The fraction of sp³-hybridized carbons (Fsp3) is 0.273. The van der Waals surface area contributed by atoms with Crippen molar-refractivity contribution in [2.45, 2.75) is 13.5 Å². The van der Waals surface area contributed by atoms with Gasteiger partial charge in [-0.3, -0.25) is 14.9 Å². The summed E-state index contributed by atoms with van der Waals surface area (Å²) in [6.07, 6.45) is 0. The number of aromatic nitrogens is 3. The number of carbonyl (C=O) groups excluding carboxylic acids is 1. The minimum absolute atomic E-state index is 0.236. The number of nitrogens with one attached hydrogen (secondary N) is 2. The third-order valence-electron chi connectivity index (χ3n) is 5.08. The lowest BCUT2D eigenvalue weighted by molar-refractivity contribution is 0.103. The molecule has 1 aliphatic rings. The number of hydrogen-bond acceptors (Lipinski definition) is 9. The zero-order chi connectivity index (χ0) is 23.1. The van der Waals surface area contributed by atoms with Crippen LogP contribution in [-0.4, -0.2) is 53.1 Å². The number of thiazole rings is 1. The van der Waals surface area contributed by atoms with Gasteiger partial charge in [-0.25, -0.2) is 9.97 Å². The molecule has 9 nitrogen and oxygen atoms in total. The summed E-state index contributed by atoms with van der Waals surface area (Å²) in [5.41, 5.74) is 1.98. The summed E-state index contributed by atoms with van der Waals surface area (Å²) in [6, 6.07) is 5.65. The number of benzene rings is 1. The Bertz CT molecular complexity index is 1420. The summed E-state index contributed by atoms with van der Waals surface area (Å²) < 4.78 is 11.2. The van der Waals surface area contributed by atoms with E-state index in [1.807, 2.05) is 42.6 Å². The number of anilines is 1. The molecule has 5 rings (SSSR count). The van der Waals surface area contributed by atoms with Crippen molar-refractivity contribution in [2.75, 3.05) is 32.6 Å². The van der Waals surface area contributed by atoms with Crippen LogP contribution in [0.5, 0.6) is 11.5 Å². The number of aryl methyl sites for hydroxylation is 1. The Morgan fingerprint density at radius 3 is 2.79 bits per heavy atom. The highest BCUT2D eigenvalue weighted by Gasteiger charge is 2.21. The van der Waals surface area contributed by atoms with Crippen molar-refractivity contribution in [1.82, 2.24) is 19.9 Å². The average molecular weight is 484 g/mol. The van der Waals surface area contributed by atoms with E-state index in [1.165, 1.54) is 22.7 Å². The maximum atomic E-state index is 13.0.